The van der Waals surface area contributed by atoms with Gasteiger partial charge in [0, 0.05) is 6.54 Å². The lowest BCUT2D eigenvalue weighted by atomic mass is 9.88. The molecule has 1 aromatic rings. The highest BCUT2D eigenvalue weighted by molar-refractivity contribution is 5.25. The molecule has 1 fully saturated rings. The molecule has 0 radical (unpaired) electrons. The van der Waals surface area contributed by atoms with Crippen molar-refractivity contribution < 1.29 is 0 Å². The van der Waals surface area contributed by atoms with Gasteiger partial charge >= 0.3 is 0 Å². The molecule has 1 aromatic carbocycles. The smallest absolute Gasteiger partial charge is 0.000957 e. The predicted octanol–water partition coefficient (Wildman–Crippen LogP) is 3.91. The first-order valence-corrected chi connectivity index (χ1v) is 7.43. The molecule has 1 aliphatic rings. The maximum absolute atomic E-state index is 2.66. The third-order valence-electron chi connectivity index (χ3n) is 4.60. The summed E-state index contributed by atoms with van der Waals surface area (Å²) < 4.78 is 0. The van der Waals surface area contributed by atoms with Crippen LogP contribution in [0, 0.1) is 18.8 Å². The van der Waals surface area contributed by atoms with Crippen molar-refractivity contribution in [3.05, 3.63) is 35.4 Å². The zero-order chi connectivity index (χ0) is 13.0. The quantitative estimate of drug-likeness (QED) is 0.777. The highest BCUT2D eigenvalue weighted by Crippen LogP contribution is 2.22. The maximum Gasteiger partial charge on any atom is 0.000957 e. The van der Waals surface area contributed by atoms with E-state index in [0.29, 0.717) is 0 Å². The molecular weight excluding hydrogens is 218 g/mol. The summed E-state index contributed by atoms with van der Waals surface area (Å²) in [4.78, 5) is 2.66. The monoisotopic (exact) mass is 245 g/mol. The molecule has 1 aliphatic heterocycles. The highest BCUT2D eigenvalue weighted by Gasteiger charge is 2.21. The van der Waals surface area contributed by atoms with Crippen LogP contribution in [0.25, 0.3) is 0 Å². The molecule has 2 rings (SSSR count). The Balaban J connectivity index is 1.74. The van der Waals surface area contributed by atoms with Crippen LogP contribution in [0.3, 0.4) is 0 Å². The van der Waals surface area contributed by atoms with Gasteiger partial charge in [-0.3, -0.25) is 0 Å². The molecule has 0 aromatic heterocycles. The van der Waals surface area contributed by atoms with Crippen LogP contribution >= 0.6 is 0 Å². The summed E-state index contributed by atoms with van der Waals surface area (Å²) in [5.74, 6) is 1.79. The Morgan fingerprint density at radius 2 is 1.94 bits per heavy atom. The van der Waals surface area contributed by atoms with Crippen LogP contribution in [0.5, 0.6) is 0 Å². The molecule has 0 bridgehead atoms. The van der Waals surface area contributed by atoms with Crippen LogP contribution < -0.4 is 0 Å². The zero-order valence-corrected chi connectivity index (χ0v) is 12.2. The average Bonchev–Trinajstić information content (AvgIpc) is 2.36. The Labute approximate surface area is 112 Å². The van der Waals surface area contributed by atoms with Crippen LogP contribution in [0.4, 0.5) is 0 Å². The molecule has 1 saturated heterocycles. The van der Waals surface area contributed by atoms with E-state index in [1.807, 2.05) is 0 Å². The van der Waals surface area contributed by atoms with E-state index in [0.717, 1.165) is 11.8 Å². The Bertz CT molecular complexity index is 372. The van der Waals surface area contributed by atoms with Gasteiger partial charge in [0.2, 0.25) is 0 Å². The molecular formula is C17H27N. The van der Waals surface area contributed by atoms with E-state index in [4.69, 9.17) is 0 Å². The maximum atomic E-state index is 2.66. The van der Waals surface area contributed by atoms with Gasteiger partial charge in [0.1, 0.15) is 0 Å². The normalized spacial score (nSPS) is 25.3. The molecule has 18 heavy (non-hydrogen) atoms. The molecule has 100 valence electrons. The SMILES string of the molecule is Cc1ccccc1CCCN1CC[C@H](C)[C@H](C)C1. The van der Waals surface area contributed by atoms with E-state index in [-0.39, 0.29) is 0 Å². The summed E-state index contributed by atoms with van der Waals surface area (Å²) >= 11 is 0. The molecule has 1 nitrogen and oxygen atoms in total. The van der Waals surface area contributed by atoms with Gasteiger partial charge in [0.25, 0.3) is 0 Å². The Kier molecular flexibility index (Phi) is 4.82. The fourth-order valence-corrected chi connectivity index (χ4v) is 2.94. The van der Waals surface area contributed by atoms with E-state index in [9.17, 15) is 0 Å². The minimum Gasteiger partial charge on any atom is -0.303 e. The molecule has 0 spiro atoms. The first kappa shape index (κ1) is 13.6. The number of aryl methyl sites for hydroxylation is 2. The van der Waals surface area contributed by atoms with Gasteiger partial charge in [-0.05, 0) is 62.2 Å². The second-order valence-corrected chi connectivity index (χ2v) is 6.07. The van der Waals surface area contributed by atoms with Crippen molar-refractivity contribution in [2.45, 2.75) is 40.0 Å². The lowest BCUT2D eigenvalue weighted by Crippen LogP contribution is -2.38. The number of likely N-dealkylation sites (tertiary alicyclic amines) is 1. The number of hydrogen-bond donors (Lipinski definition) is 0. The van der Waals surface area contributed by atoms with E-state index < -0.39 is 0 Å². The van der Waals surface area contributed by atoms with Crippen molar-refractivity contribution in [3.8, 4) is 0 Å². The van der Waals surface area contributed by atoms with Crippen LogP contribution in [-0.4, -0.2) is 24.5 Å². The van der Waals surface area contributed by atoms with Crippen molar-refractivity contribution in [3.63, 3.8) is 0 Å². The standard InChI is InChI=1S/C17H27N/c1-14-10-12-18(13-16(14)3)11-6-9-17-8-5-4-7-15(17)2/h4-5,7-8,14,16H,6,9-13H2,1-3H3/t14-,16+/m0/s1. The number of hydrogen-bond acceptors (Lipinski definition) is 1. The van der Waals surface area contributed by atoms with E-state index in [1.165, 1.54) is 50.0 Å². The van der Waals surface area contributed by atoms with Crippen molar-refractivity contribution in [1.82, 2.24) is 4.90 Å². The summed E-state index contributed by atoms with van der Waals surface area (Å²) in [5, 5.41) is 0. The number of benzene rings is 1. The van der Waals surface area contributed by atoms with Crippen LogP contribution in [0.1, 0.15) is 37.8 Å². The van der Waals surface area contributed by atoms with Crippen molar-refractivity contribution in [1.29, 1.82) is 0 Å². The minimum atomic E-state index is 0.872. The second-order valence-electron chi connectivity index (χ2n) is 6.07. The molecule has 0 N–H and O–H groups in total. The molecule has 1 heterocycles. The predicted molar refractivity (Wildman–Crippen MR) is 78.9 cm³/mol. The fraction of sp³-hybridized carbons (Fsp3) is 0.647. The van der Waals surface area contributed by atoms with Crippen molar-refractivity contribution >= 4 is 0 Å². The van der Waals surface area contributed by atoms with Crippen molar-refractivity contribution in [2.75, 3.05) is 19.6 Å². The van der Waals surface area contributed by atoms with Gasteiger partial charge in [-0.1, -0.05) is 38.1 Å². The number of nitrogens with zero attached hydrogens (tertiary/aromatic N) is 1. The van der Waals surface area contributed by atoms with Gasteiger partial charge in [-0.15, -0.1) is 0 Å². The largest absolute Gasteiger partial charge is 0.303 e. The first-order valence-electron chi connectivity index (χ1n) is 7.43. The summed E-state index contributed by atoms with van der Waals surface area (Å²) in [7, 11) is 0. The zero-order valence-electron chi connectivity index (χ0n) is 12.2. The molecule has 0 aliphatic carbocycles. The minimum absolute atomic E-state index is 0.872. The third-order valence-corrected chi connectivity index (χ3v) is 4.60. The molecule has 0 saturated carbocycles. The fourth-order valence-electron chi connectivity index (χ4n) is 2.94. The van der Waals surface area contributed by atoms with Crippen LogP contribution in [0.15, 0.2) is 24.3 Å². The van der Waals surface area contributed by atoms with Crippen LogP contribution in [-0.2, 0) is 6.42 Å². The molecule has 2 atom stereocenters. The van der Waals surface area contributed by atoms with E-state index >= 15 is 0 Å². The number of piperidine rings is 1. The highest BCUT2D eigenvalue weighted by atomic mass is 15.1. The number of rotatable bonds is 4. The molecule has 1 heteroatoms. The Hall–Kier alpha value is -0.820. The Morgan fingerprint density at radius 3 is 2.67 bits per heavy atom. The lowest BCUT2D eigenvalue weighted by Gasteiger charge is -2.35. The summed E-state index contributed by atoms with van der Waals surface area (Å²) in [6, 6.07) is 8.79. The van der Waals surface area contributed by atoms with Gasteiger partial charge in [0.05, 0.1) is 0 Å². The van der Waals surface area contributed by atoms with Gasteiger partial charge in [-0.2, -0.15) is 0 Å². The first-order chi connectivity index (χ1) is 8.66. The van der Waals surface area contributed by atoms with Crippen molar-refractivity contribution in [2.24, 2.45) is 11.8 Å². The summed E-state index contributed by atoms with van der Waals surface area (Å²) in [5.41, 5.74) is 2.97. The van der Waals surface area contributed by atoms with E-state index in [2.05, 4.69) is 49.9 Å². The van der Waals surface area contributed by atoms with Gasteiger partial charge in [-0.25, -0.2) is 0 Å². The van der Waals surface area contributed by atoms with Crippen LogP contribution in [0.2, 0.25) is 0 Å². The average molecular weight is 245 g/mol. The van der Waals surface area contributed by atoms with E-state index in [1.54, 1.807) is 0 Å². The third kappa shape index (κ3) is 3.58. The lowest BCUT2D eigenvalue weighted by molar-refractivity contribution is 0.137. The van der Waals surface area contributed by atoms with Gasteiger partial charge in [0.15, 0.2) is 0 Å². The summed E-state index contributed by atoms with van der Waals surface area (Å²) in [6.45, 7) is 10.9. The Morgan fingerprint density at radius 1 is 1.17 bits per heavy atom. The molecule has 0 amide bonds. The summed E-state index contributed by atoms with van der Waals surface area (Å²) in [6.07, 6.45) is 3.91. The van der Waals surface area contributed by atoms with Gasteiger partial charge < -0.3 is 4.90 Å². The topological polar surface area (TPSA) is 3.24 Å². The molecule has 0 unspecified atom stereocenters. The second kappa shape index (κ2) is 6.38.